The summed E-state index contributed by atoms with van der Waals surface area (Å²) in [4.78, 5) is 16.2. The normalized spacial score (nSPS) is 11.5. The van der Waals surface area contributed by atoms with Gasteiger partial charge in [0.1, 0.15) is 5.69 Å². The number of thiazole rings is 1. The zero-order valence-corrected chi connectivity index (χ0v) is 13.3. The lowest BCUT2D eigenvalue weighted by Crippen LogP contribution is -2.17. The molecule has 3 aromatic rings. The summed E-state index contributed by atoms with van der Waals surface area (Å²) in [5, 5.41) is 7.98. The first-order valence-electron chi connectivity index (χ1n) is 6.49. The number of hydrogen-bond donors (Lipinski definition) is 1. The number of halogens is 4. The molecule has 3 rings (SSSR count). The van der Waals surface area contributed by atoms with E-state index in [0.29, 0.717) is 6.07 Å². The lowest BCUT2D eigenvalue weighted by Gasteiger charge is -2.08. The molecule has 1 N–H and O–H groups in total. The summed E-state index contributed by atoms with van der Waals surface area (Å²) < 4.78 is 39.8. The Morgan fingerprint density at radius 1 is 1.29 bits per heavy atom. The van der Waals surface area contributed by atoms with Crippen LogP contribution in [-0.2, 0) is 6.18 Å². The highest BCUT2D eigenvalue weighted by Gasteiger charge is 2.36. The zero-order chi connectivity index (χ0) is 17.3. The Bertz CT molecular complexity index is 877. The van der Waals surface area contributed by atoms with Gasteiger partial charge < -0.3 is 0 Å². The van der Waals surface area contributed by atoms with Gasteiger partial charge in [0.2, 0.25) is 0 Å². The Morgan fingerprint density at radius 2 is 2.04 bits per heavy atom. The summed E-state index contributed by atoms with van der Waals surface area (Å²) in [5.41, 5.74) is -1.32. The number of para-hydroxylation sites is 1. The molecule has 2 aromatic heterocycles. The standard InChI is InChI=1S/C14H8ClF3N4OS/c15-8-3-1-2-4-9(8)22-10(7-11(21-22)14(16,17)18)12(23)20-13-19-5-6-24-13/h1-7H,(H,19,20,23). The van der Waals surface area contributed by atoms with E-state index < -0.39 is 17.8 Å². The molecule has 0 radical (unpaired) electrons. The average Bonchev–Trinajstić information content (AvgIpc) is 3.16. The topological polar surface area (TPSA) is 59.8 Å². The molecule has 0 spiro atoms. The smallest absolute Gasteiger partial charge is 0.296 e. The van der Waals surface area contributed by atoms with Crippen LogP contribution < -0.4 is 5.32 Å². The first kappa shape index (κ1) is 16.5. The molecule has 0 unspecified atom stereocenters. The van der Waals surface area contributed by atoms with Gasteiger partial charge in [0.25, 0.3) is 5.91 Å². The van der Waals surface area contributed by atoms with E-state index in [9.17, 15) is 18.0 Å². The van der Waals surface area contributed by atoms with Gasteiger partial charge in [0, 0.05) is 17.6 Å². The number of amides is 1. The minimum absolute atomic E-state index is 0.164. The van der Waals surface area contributed by atoms with Crippen molar-refractivity contribution in [1.29, 1.82) is 0 Å². The quantitative estimate of drug-likeness (QED) is 0.747. The van der Waals surface area contributed by atoms with Crippen LogP contribution in [0.4, 0.5) is 18.3 Å². The number of alkyl halides is 3. The molecule has 10 heteroatoms. The summed E-state index contributed by atoms with van der Waals surface area (Å²) in [6.07, 6.45) is -3.23. The first-order chi connectivity index (χ1) is 11.4. The van der Waals surface area contributed by atoms with E-state index in [2.05, 4.69) is 15.4 Å². The molecular formula is C14H8ClF3N4OS. The number of benzene rings is 1. The Labute approximate surface area is 142 Å². The van der Waals surface area contributed by atoms with E-state index in [1.54, 1.807) is 17.5 Å². The van der Waals surface area contributed by atoms with Crippen LogP contribution in [-0.4, -0.2) is 20.7 Å². The number of nitrogens with one attached hydrogen (secondary N) is 1. The van der Waals surface area contributed by atoms with E-state index in [1.807, 2.05) is 0 Å². The highest BCUT2D eigenvalue weighted by Crippen LogP contribution is 2.31. The Morgan fingerprint density at radius 3 is 2.67 bits per heavy atom. The number of carbonyl (C=O) groups is 1. The predicted octanol–water partition coefficient (Wildman–Crippen LogP) is 4.25. The SMILES string of the molecule is O=C(Nc1nccs1)c1cc(C(F)(F)F)nn1-c1ccccc1Cl. The fourth-order valence-corrected chi connectivity index (χ4v) is 2.67. The number of nitrogens with zero attached hydrogens (tertiary/aromatic N) is 3. The van der Waals surface area contributed by atoms with Crippen molar-refractivity contribution < 1.29 is 18.0 Å². The summed E-state index contributed by atoms with van der Waals surface area (Å²) in [6.45, 7) is 0. The van der Waals surface area contributed by atoms with Gasteiger partial charge in [-0.2, -0.15) is 18.3 Å². The second kappa shape index (κ2) is 6.25. The zero-order valence-electron chi connectivity index (χ0n) is 11.7. The molecule has 5 nitrogen and oxygen atoms in total. The Hall–Kier alpha value is -2.39. The summed E-state index contributed by atoms with van der Waals surface area (Å²) >= 11 is 7.16. The Balaban J connectivity index is 2.08. The maximum Gasteiger partial charge on any atom is 0.435 e. The summed E-state index contributed by atoms with van der Waals surface area (Å²) in [5.74, 6) is -0.770. The largest absolute Gasteiger partial charge is 0.435 e. The molecule has 0 aliphatic heterocycles. The van der Waals surface area contributed by atoms with Crippen LogP contribution in [0.3, 0.4) is 0 Å². The molecule has 1 aromatic carbocycles. The lowest BCUT2D eigenvalue weighted by molar-refractivity contribution is -0.141. The van der Waals surface area contributed by atoms with Crippen LogP contribution >= 0.6 is 22.9 Å². The van der Waals surface area contributed by atoms with Crippen molar-refractivity contribution in [3.63, 3.8) is 0 Å². The van der Waals surface area contributed by atoms with E-state index >= 15 is 0 Å². The van der Waals surface area contributed by atoms with E-state index in [-0.39, 0.29) is 21.5 Å². The molecular weight excluding hydrogens is 365 g/mol. The highest BCUT2D eigenvalue weighted by molar-refractivity contribution is 7.13. The van der Waals surface area contributed by atoms with E-state index in [4.69, 9.17) is 11.6 Å². The molecule has 0 saturated heterocycles. The number of hydrogen-bond acceptors (Lipinski definition) is 4. The third-order valence-electron chi connectivity index (χ3n) is 2.97. The first-order valence-corrected chi connectivity index (χ1v) is 7.75. The van der Waals surface area contributed by atoms with Crippen molar-refractivity contribution in [2.75, 3.05) is 5.32 Å². The van der Waals surface area contributed by atoms with Gasteiger partial charge in [-0.3, -0.25) is 10.1 Å². The third-order valence-corrected chi connectivity index (χ3v) is 3.97. The molecule has 1 amide bonds. The van der Waals surface area contributed by atoms with Crippen LogP contribution in [0.15, 0.2) is 41.9 Å². The number of carbonyl (C=O) groups excluding carboxylic acids is 1. The molecule has 0 aliphatic carbocycles. The van der Waals surface area contributed by atoms with Gasteiger partial charge in [-0.25, -0.2) is 9.67 Å². The van der Waals surface area contributed by atoms with Gasteiger partial charge in [-0.05, 0) is 12.1 Å². The molecule has 24 heavy (non-hydrogen) atoms. The van der Waals surface area contributed by atoms with Crippen molar-refractivity contribution in [2.24, 2.45) is 0 Å². The van der Waals surface area contributed by atoms with Crippen LogP contribution in [0, 0.1) is 0 Å². The lowest BCUT2D eigenvalue weighted by atomic mass is 10.3. The predicted molar refractivity (Wildman–Crippen MR) is 83.6 cm³/mol. The third kappa shape index (κ3) is 3.26. The van der Waals surface area contributed by atoms with Crippen LogP contribution in [0.5, 0.6) is 0 Å². The Kier molecular flexibility index (Phi) is 4.29. The second-order valence-corrected chi connectivity index (χ2v) is 5.87. The maximum absolute atomic E-state index is 13.0. The molecule has 0 bridgehead atoms. The molecule has 0 atom stereocenters. The van der Waals surface area contributed by atoms with Gasteiger partial charge >= 0.3 is 6.18 Å². The van der Waals surface area contributed by atoms with E-state index in [1.165, 1.54) is 18.3 Å². The van der Waals surface area contributed by atoms with Crippen LogP contribution in [0.25, 0.3) is 5.69 Å². The number of aromatic nitrogens is 3. The molecule has 0 saturated carbocycles. The van der Waals surface area contributed by atoms with Crippen molar-refractivity contribution in [1.82, 2.24) is 14.8 Å². The average molecular weight is 373 g/mol. The fraction of sp³-hybridized carbons (Fsp3) is 0.0714. The second-order valence-electron chi connectivity index (χ2n) is 4.57. The minimum Gasteiger partial charge on any atom is -0.296 e. The molecule has 0 aliphatic rings. The maximum atomic E-state index is 13.0. The van der Waals surface area contributed by atoms with Crippen molar-refractivity contribution in [3.05, 3.63) is 58.3 Å². The minimum atomic E-state index is -4.69. The summed E-state index contributed by atoms with van der Waals surface area (Å²) in [7, 11) is 0. The van der Waals surface area contributed by atoms with Gasteiger partial charge in [-0.15, -0.1) is 11.3 Å². The number of rotatable bonds is 3. The van der Waals surface area contributed by atoms with Crippen LogP contribution in [0.2, 0.25) is 5.02 Å². The van der Waals surface area contributed by atoms with Gasteiger partial charge in [0.05, 0.1) is 10.7 Å². The van der Waals surface area contributed by atoms with Gasteiger partial charge in [-0.1, -0.05) is 23.7 Å². The summed E-state index contributed by atoms with van der Waals surface area (Å²) in [6, 6.07) is 6.84. The van der Waals surface area contributed by atoms with Gasteiger partial charge in [0.15, 0.2) is 10.8 Å². The van der Waals surface area contributed by atoms with Crippen LogP contribution in [0.1, 0.15) is 16.2 Å². The monoisotopic (exact) mass is 372 g/mol. The molecule has 124 valence electrons. The van der Waals surface area contributed by atoms with Crippen molar-refractivity contribution in [3.8, 4) is 5.69 Å². The molecule has 0 fully saturated rings. The van der Waals surface area contributed by atoms with Crippen molar-refractivity contribution in [2.45, 2.75) is 6.18 Å². The van der Waals surface area contributed by atoms with E-state index in [0.717, 1.165) is 16.0 Å². The highest BCUT2D eigenvalue weighted by atomic mass is 35.5. The fourth-order valence-electron chi connectivity index (χ4n) is 1.93. The van der Waals surface area contributed by atoms with Crippen molar-refractivity contribution >= 4 is 34.0 Å². The number of anilines is 1. The molecule has 2 heterocycles.